The molecule has 1 atom stereocenters. The fraction of sp³-hybridized carbons (Fsp3) is 0.350. The second kappa shape index (κ2) is 6.78. The van der Waals surface area contributed by atoms with Crippen LogP contribution >= 0.6 is 0 Å². The summed E-state index contributed by atoms with van der Waals surface area (Å²) in [5, 5.41) is 9.19. The summed E-state index contributed by atoms with van der Waals surface area (Å²) >= 11 is 0. The fourth-order valence-corrected chi connectivity index (χ4v) is 3.51. The Morgan fingerprint density at radius 2 is 2.08 bits per heavy atom. The largest absolute Gasteiger partial charge is 0.471 e. The average molecular weight is 350 g/mol. The van der Waals surface area contributed by atoms with E-state index in [1.165, 1.54) is 0 Å². The maximum absolute atomic E-state index is 12.7. The van der Waals surface area contributed by atoms with E-state index >= 15 is 0 Å². The standard InChI is InChI=1S/C20H22N4O2/c1-14-7-8-19(22-21-14)26-16-9-10-24(13-16)20(25)11-15-12-23(2)18-6-4-3-5-17(15)18/h3-8,12,16H,9-11,13H2,1-2H3. The molecule has 0 spiro atoms. The molecule has 1 amide bonds. The highest BCUT2D eigenvalue weighted by Crippen LogP contribution is 2.22. The molecule has 0 saturated carbocycles. The number of rotatable bonds is 4. The summed E-state index contributed by atoms with van der Waals surface area (Å²) < 4.78 is 7.94. The molecule has 0 aliphatic carbocycles. The number of nitrogens with zero attached hydrogens (tertiary/aromatic N) is 4. The number of ether oxygens (including phenoxy) is 1. The maximum Gasteiger partial charge on any atom is 0.233 e. The van der Waals surface area contributed by atoms with Crippen molar-refractivity contribution in [3.8, 4) is 5.88 Å². The minimum absolute atomic E-state index is 0.0246. The van der Waals surface area contributed by atoms with Crippen molar-refractivity contribution in [2.75, 3.05) is 13.1 Å². The van der Waals surface area contributed by atoms with Crippen LogP contribution in [0.25, 0.3) is 10.9 Å². The Hall–Kier alpha value is -2.89. The number of carbonyl (C=O) groups excluding carboxylic acids is 1. The Morgan fingerprint density at radius 3 is 2.88 bits per heavy atom. The van der Waals surface area contributed by atoms with Gasteiger partial charge in [0.05, 0.1) is 18.7 Å². The van der Waals surface area contributed by atoms with Crippen molar-refractivity contribution < 1.29 is 9.53 Å². The molecule has 1 unspecified atom stereocenters. The Kier molecular flexibility index (Phi) is 4.32. The van der Waals surface area contributed by atoms with E-state index in [1.807, 2.05) is 43.1 Å². The minimum Gasteiger partial charge on any atom is -0.471 e. The van der Waals surface area contributed by atoms with E-state index in [2.05, 4.69) is 33.1 Å². The molecule has 1 aliphatic rings. The van der Waals surface area contributed by atoms with Crippen LogP contribution in [-0.4, -0.2) is 44.8 Å². The number of fused-ring (bicyclic) bond motifs is 1. The number of benzene rings is 1. The minimum atomic E-state index is -0.0246. The molecule has 0 bridgehead atoms. The van der Waals surface area contributed by atoms with Crippen LogP contribution in [0.1, 0.15) is 17.7 Å². The molecular formula is C20H22N4O2. The number of hydrogen-bond donors (Lipinski definition) is 0. The number of carbonyl (C=O) groups is 1. The van der Waals surface area contributed by atoms with Crippen molar-refractivity contribution in [2.24, 2.45) is 7.05 Å². The zero-order valence-electron chi connectivity index (χ0n) is 15.1. The lowest BCUT2D eigenvalue weighted by atomic mass is 10.1. The van der Waals surface area contributed by atoms with Gasteiger partial charge in [-0.2, -0.15) is 5.10 Å². The number of aryl methyl sites for hydroxylation is 2. The second-order valence-electron chi connectivity index (χ2n) is 6.84. The SMILES string of the molecule is Cc1ccc(OC2CCN(C(=O)Cc3cn(C)c4ccccc34)C2)nn1. The first-order chi connectivity index (χ1) is 12.6. The van der Waals surface area contributed by atoms with Crippen molar-refractivity contribution in [1.82, 2.24) is 19.7 Å². The highest BCUT2D eigenvalue weighted by molar-refractivity contribution is 5.89. The molecule has 1 fully saturated rings. The van der Waals surface area contributed by atoms with Crippen LogP contribution in [0.2, 0.25) is 0 Å². The van der Waals surface area contributed by atoms with Crippen LogP contribution in [0, 0.1) is 6.92 Å². The molecule has 6 heteroatoms. The molecule has 1 aromatic carbocycles. The van der Waals surface area contributed by atoms with Crippen LogP contribution in [-0.2, 0) is 18.3 Å². The Balaban J connectivity index is 1.40. The van der Waals surface area contributed by atoms with Crippen LogP contribution in [0.15, 0.2) is 42.6 Å². The predicted molar refractivity (Wildman–Crippen MR) is 99.0 cm³/mol. The summed E-state index contributed by atoms with van der Waals surface area (Å²) in [4.78, 5) is 14.6. The molecule has 0 N–H and O–H groups in total. The lowest BCUT2D eigenvalue weighted by molar-refractivity contribution is -0.129. The van der Waals surface area contributed by atoms with Gasteiger partial charge in [0.15, 0.2) is 0 Å². The fourth-order valence-electron chi connectivity index (χ4n) is 3.51. The lowest BCUT2D eigenvalue weighted by Gasteiger charge is -2.16. The van der Waals surface area contributed by atoms with E-state index in [4.69, 9.17) is 4.74 Å². The van der Waals surface area contributed by atoms with Crippen LogP contribution < -0.4 is 4.74 Å². The van der Waals surface area contributed by atoms with E-state index < -0.39 is 0 Å². The van der Waals surface area contributed by atoms with Crippen LogP contribution in [0.5, 0.6) is 5.88 Å². The number of para-hydroxylation sites is 1. The van der Waals surface area contributed by atoms with Gasteiger partial charge >= 0.3 is 0 Å². The van der Waals surface area contributed by atoms with E-state index in [9.17, 15) is 4.79 Å². The van der Waals surface area contributed by atoms with E-state index in [-0.39, 0.29) is 12.0 Å². The van der Waals surface area contributed by atoms with Gasteiger partial charge in [0.1, 0.15) is 6.10 Å². The Morgan fingerprint density at radius 1 is 1.23 bits per heavy atom. The molecule has 1 aliphatic heterocycles. The zero-order chi connectivity index (χ0) is 18.1. The van der Waals surface area contributed by atoms with E-state index in [0.29, 0.717) is 25.4 Å². The summed E-state index contributed by atoms with van der Waals surface area (Å²) in [7, 11) is 2.01. The molecule has 134 valence electrons. The summed E-state index contributed by atoms with van der Waals surface area (Å²) in [5.74, 6) is 0.659. The summed E-state index contributed by atoms with van der Waals surface area (Å²) in [5.41, 5.74) is 3.08. The third kappa shape index (κ3) is 3.27. The summed E-state index contributed by atoms with van der Waals surface area (Å²) in [6, 6.07) is 11.9. The average Bonchev–Trinajstić information content (AvgIpc) is 3.23. The number of amides is 1. The number of likely N-dealkylation sites (tertiary alicyclic amines) is 1. The smallest absolute Gasteiger partial charge is 0.233 e. The maximum atomic E-state index is 12.7. The van der Waals surface area contributed by atoms with Crippen molar-refractivity contribution >= 4 is 16.8 Å². The molecule has 4 rings (SSSR count). The Labute approximate surface area is 152 Å². The van der Waals surface area contributed by atoms with E-state index in [1.54, 1.807) is 0 Å². The van der Waals surface area contributed by atoms with Gasteiger partial charge in [0.25, 0.3) is 0 Å². The molecule has 26 heavy (non-hydrogen) atoms. The first-order valence-electron chi connectivity index (χ1n) is 8.88. The first-order valence-corrected chi connectivity index (χ1v) is 8.88. The zero-order valence-corrected chi connectivity index (χ0v) is 15.1. The van der Waals surface area contributed by atoms with Crippen LogP contribution in [0.4, 0.5) is 0 Å². The van der Waals surface area contributed by atoms with Gasteiger partial charge in [0.2, 0.25) is 11.8 Å². The van der Waals surface area contributed by atoms with Gasteiger partial charge < -0.3 is 14.2 Å². The van der Waals surface area contributed by atoms with Gasteiger partial charge in [-0.1, -0.05) is 18.2 Å². The van der Waals surface area contributed by atoms with Gasteiger partial charge in [-0.3, -0.25) is 4.79 Å². The molecule has 3 aromatic rings. The third-order valence-corrected chi connectivity index (χ3v) is 4.88. The highest BCUT2D eigenvalue weighted by Gasteiger charge is 2.28. The number of aromatic nitrogens is 3. The van der Waals surface area contributed by atoms with Crippen LogP contribution in [0.3, 0.4) is 0 Å². The van der Waals surface area contributed by atoms with Crippen molar-refractivity contribution in [1.29, 1.82) is 0 Å². The quantitative estimate of drug-likeness (QED) is 0.725. The van der Waals surface area contributed by atoms with Crippen molar-refractivity contribution in [2.45, 2.75) is 25.9 Å². The second-order valence-corrected chi connectivity index (χ2v) is 6.84. The molecular weight excluding hydrogens is 328 g/mol. The normalized spacial score (nSPS) is 17.0. The van der Waals surface area contributed by atoms with E-state index in [0.717, 1.165) is 28.6 Å². The van der Waals surface area contributed by atoms with Gasteiger partial charge in [0, 0.05) is 43.2 Å². The first kappa shape index (κ1) is 16.6. The van der Waals surface area contributed by atoms with Crippen molar-refractivity contribution in [3.63, 3.8) is 0 Å². The third-order valence-electron chi connectivity index (χ3n) is 4.88. The molecule has 6 nitrogen and oxygen atoms in total. The molecule has 0 radical (unpaired) electrons. The number of hydrogen-bond acceptors (Lipinski definition) is 4. The van der Waals surface area contributed by atoms with Crippen molar-refractivity contribution in [3.05, 3.63) is 53.9 Å². The molecule has 1 saturated heterocycles. The monoisotopic (exact) mass is 350 g/mol. The highest BCUT2D eigenvalue weighted by atomic mass is 16.5. The topological polar surface area (TPSA) is 60.2 Å². The van der Waals surface area contributed by atoms with Gasteiger partial charge in [-0.15, -0.1) is 5.10 Å². The Bertz CT molecular complexity index is 933. The summed E-state index contributed by atoms with van der Waals surface area (Å²) in [6.07, 6.45) is 3.26. The summed E-state index contributed by atoms with van der Waals surface area (Å²) in [6.45, 7) is 3.20. The molecule has 2 aromatic heterocycles. The molecule has 3 heterocycles. The van der Waals surface area contributed by atoms with Gasteiger partial charge in [-0.05, 0) is 24.6 Å². The lowest BCUT2D eigenvalue weighted by Crippen LogP contribution is -2.32. The van der Waals surface area contributed by atoms with Gasteiger partial charge in [-0.25, -0.2) is 0 Å². The predicted octanol–water partition coefficient (Wildman–Crippen LogP) is 2.50.